The van der Waals surface area contributed by atoms with Crippen LogP contribution in [0.1, 0.15) is 25.7 Å². The minimum Gasteiger partial charge on any atom is -0.363 e. The van der Waals surface area contributed by atoms with Crippen LogP contribution in [0.25, 0.3) is 0 Å². The normalized spacial score (nSPS) is 22.0. The van der Waals surface area contributed by atoms with Crippen molar-refractivity contribution in [3.05, 3.63) is 34.1 Å². The van der Waals surface area contributed by atoms with Gasteiger partial charge in [-0.1, -0.05) is 0 Å². The predicted molar refractivity (Wildman–Crippen MR) is 79.0 cm³/mol. The average Bonchev–Trinajstić information content (AvgIpc) is 3.31. The molecule has 1 N–H and O–H groups in total. The number of nitrogens with one attached hydrogen (secondary N) is 1. The van der Waals surface area contributed by atoms with E-state index in [-0.39, 0.29) is 5.69 Å². The average molecular weight is 293 g/mol. The van der Waals surface area contributed by atoms with Gasteiger partial charge in [0.15, 0.2) is 0 Å². The molecule has 1 saturated heterocycles. The molecule has 0 bridgehead atoms. The number of hydrogen-bond acceptors (Lipinski definition) is 4. The van der Waals surface area contributed by atoms with Crippen LogP contribution in [0.2, 0.25) is 0 Å². The molecule has 3 rings (SSSR count). The van der Waals surface area contributed by atoms with Gasteiger partial charge < -0.3 is 10.2 Å². The molecule has 1 saturated carbocycles. The van der Waals surface area contributed by atoms with Gasteiger partial charge in [-0.25, -0.2) is 4.39 Å². The molecule has 1 heterocycles. The highest BCUT2D eigenvalue weighted by molar-refractivity contribution is 5.64. The van der Waals surface area contributed by atoms with Crippen molar-refractivity contribution in [3.63, 3.8) is 0 Å². The molecule has 0 amide bonds. The molecule has 114 valence electrons. The first kappa shape index (κ1) is 14.3. The highest BCUT2D eigenvalue weighted by Crippen LogP contribution is 2.38. The molecule has 6 heteroatoms. The van der Waals surface area contributed by atoms with E-state index in [1.54, 1.807) is 6.07 Å². The maximum Gasteiger partial charge on any atom is 0.295 e. The SMILES string of the molecule is O=[N+]([O-])c1cc(F)ccc1N(CC1CCCNC1)C1CC1. The summed E-state index contributed by atoms with van der Waals surface area (Å²) in [5.74, 6) is -0.0514. The minimum absolute atomic E-state index is 0.120. The second-order valence-corrected chi connectivity index (χ2v) is 5.99. The summed E-state index contributed by atoms with van der Waals surface area (Å²) < 4.78 is 13.3. The van der Waals surface area contributed by atoms with Crippen LogP contribution in [0.15, 0.2) is 18.2 Å². The van der Waals surface area contributed by atoms with Gasteiger partial charge in [-0.2, -0.15) is 0 Å². The first-order chi connectivity index (χ1) is 10.1. The summed E-state index contributed by atoms with van der Waals surface area (Å²) >= 11 is 0. The lowest BCUT2D eigenvalue weighted by atomic mass is 9.98. The van der Waals surface area contributed by atoms with Crippen LogP contribution in [0.4, 0.5) is 15.8 Å². The van der Waals surface area contributed by atoms with E-state index < -0.39 is 10.7 Å². The Labute approximate surface area is 123 Å². The highest BCUT2D eigenvalue weighted by atomic mass is 19.1. The number of benzene rings is 1. The molecule has 5 nitrogen and oxygen atoms in total. The van der Waals surface area contributed by atoms with Crippen molar-refractivity contribution in [2.24, 2.45) is 5.92 Å². The predicted octanol–water partition coefficient (Wildman–Crippen LogP) is 2.70. The Balaban J connectivity index is 1.85. The van der Waals surface area contributed by atoms with Gasteiger partial charge in [-0.05, 0) is 56.8 Å². The van der Waals surface area contributed by atoms with E-state index in [9.17, 15) is 14.5 Å². The van der Waals surface area contributed by atoms with Crippen LogP contribution in [0, 0.1) is 21.8 Å². The molecule has 0 spiro atoms. The molecule has 1 unspecified atom stereocenters. The molecule has 0 radical (unpaired) electrons. The first-order valence-corrected chi connectivity index (χ1v) is 7.56. The Bertz CT molecular complexity index is 528. The number of nitrogens with zero attached hydrogens (tertiary/aromatic N) is 2. The fourth-order valence-electron chi connectivity index (χ4n) is 3.07. The van der Waals surface area contributed by atoms with E-state index in [1.807, 2.05) is 0 Å². The monoisotopic (exact) mass is 293 g/mol. The summed E-state index contributed by atoms with van der Waals surface area (Å²) in [6.45, 7) is 2.82. The Morgan fingerprint density at radius 3 is 2.81 bits per heavy atom. The summed E-state index contributed by atoms with van der Waals surface area (Å²) in [7, 11) is 0. The number of anilines is 1. The second-order valence-electron chi connectivity index (χ2n) is 5.99. The van der Waals surface area contributed by atoms with E-state index in [0.29, 0.717) is 17.6 Å². The smallest absolute Gasteiger partial charge is 0.295 e. The van der Waals surface area contributed by atoms with Gasteiger partial charge >= 0.3 is 0 Å². The third kappa shape index (κ3) is 3.32. The van der Waals surface area contributed by atoms with Gasteiger partial charge in [0, 0.05) is 12.6 Å². The Kier molecular flexibility index (Phi) is 4.05. The Morgan fingerprint density at radius 1 is 1.38 bits per heavy atom. The first-order valence-electron chi connectivity index (χ1n) is 7.56. The third-order valence-corrected chi connectivity index (χ3v) is 4.29. The number of nitro groups is 1. The minimum atomic E-state index is -0.555. The molecule has 1 aliphatic carbocycles. The maximum absolute atomic E-state index is 13.3. The van der Waals surface area contributed by atoms with E-state index in [1.165, 1.54) is 6.07 Å². The van der Waals surface area contributed by atoms with Crippen molar-refractivity contribution in [2.45, 2.75) is 31.7 Å². The Hall–Kier alpha value is -1.69. The molecule has 2 aliphatic rings. The Morgan fingerprint density at radius 2 is 2.19 bits per heavy atom. The number of hydrogen-bond donors (Lipinski definition) is 1. The molecule has 1 aromatic rings. The fourth-order valence-corrected chi connectivity index (χ4v) is 3.07. The van der Waals surface area contributed by atoms with Crippen molar-refractivity contribution in [3.8, 4) is 0 Å². The summed E-state index contributed by atoms with van der Waals surface area (Å²) in [6.07, 6.45) is 4.42. The molecule has 21 heavy (non-hydrogen) atoms. The second kappa shape index (κ2) is 5.97. The van der Waals surface area contributed by atoms with Crippen LogP contribution < -0.4 is 10.2 Å². The van der Waals surface area contributed by atoms with Gasteiger partial charge in [0.25, 0.3) is 5.69 Å². The molecule has 1 atom stereocenters. The third-order valence-electron chi connectivity index (χ3n) is 4.29. The lowest BCUT2D eigenvalue weighted by Gasteiger charge is -2.31. The zero-order chi connectivity index (χ0) is 14.8. The van der Waals surface area contributed by atoms with Crippen LogP contribution in [-0.4, -0.2) is 30.6 Å². The summed E-state index contributed by atoms with van der Waals surface area (Å²) in [5.41, 5.74) is 0.445. The van der Waals surface area contributed by atoms with Gasteiger partial charge in [-0.15, -0.1) is 0 Å². The van der Waals surface area contributed by atoms with Crippen LogP contribution in [0.3, 0.4) is 0 Å². The topological polar surface area (TPSA) is 58.4 Å². The van der Waals surface area contributed by atoms with Gasteiger partial charge in [0.05, 0.1) is 11.0 Å². The van der Waals surface area contributed by atoms with Crippen LogP contribution in [0.5, 0.6) is 0 Å². The van der Waals surface area contributed by atoms with E-state index in [4.69, 9.17) is 0 Å². The zero-order valence-corrected chi connectivity index (χ0v) is 11.9. The van der Waals surface area contributed by atoms with Crippen LogP contribution >= 0.6 is 0 Å². The summed E-state index contributed by atoms with van der Waals surface area (Å²) in [5, 5.41) is 14.6. The van der Waals surface area contributed by atoms with Crippen molar-refractivity contribution < 1.29 is 9.31 Å². The molecule has 1 aromatic carbocycles. The number of rotatable bonds is 5. The quantitative estimate of drug-likeness (QED) is 0.670. The molecule has 1 aliphatic heterocycles. The van der Waals surface area contributed by atoms with Crippen molar-refractivity contribution in [1.29, 1.82) is 0 Å². The van der Waals surface area contributed by atoms with Gasteiger partial charge in [0.2, 0.25) is 0 Å². The molecule has 2 fully saturated rings. The standard InChI is InChI=1S/C15H20FN3O2/c16-12-3-6-14(15(8-12)19(20)21)18(13-4-5-13)10-11-2-1-7-17-9-11/h3,6,8,11,13,17H,1-2,4-5,7,9-10H2. The van der Waals surface area contributed by atoms with Gasteiger partial charge in [0.1, 0.15) is 11.5 Å². The van der Waals surface area contributed by atoms with Crippen molar-refractivity contribution >= 4 is 11.4 Å². The highest BCUT2D eigenvalue weighted by Gasteiger charge is 2.34. The lowest BCUT2D eigenvalue weighted by molar-refractivity contribution is -0.384. The zero-order valence-electron chi connectivity index (χ0n) is 11.9. The van der Waals surface area contributed by atoms with Gasteiger partial charge in [-0.3, -0.25) is 10.1 Å². The molecule has 0 aromatic heterocycles. The van der Waals surface area contributed by atoms with E-state index in [0.717, 1.165) is 51.4 Å². The fraction of sp³-hybridized carbons (Fsp3) is 0.600. The molecular formula is C15H20FN3O2. The summed E-state index contributed by atoms with van der Waals surface area (Å²) in [6, 6.07) is 4.28. The maximum atomic E-state index is 13.3. The van der Waals surface area contributed by atoms with Crippen molar-refractivity contribution in [1.82, 2.24) is 5.32 Å². The van der Waals surface area contributed by atoms with Crippen molar-refractivity contribution in [2.75, 3.05) is 24.5 Å². The lowest BCUT2D eigenvalue weighted by Crippen LogP contribution is -2.39. The largest absolute Gasteiger partial charge is 0.363 e. The molecular weight excluding hydrogens is 273 g/mol. The number of halogens is 1. The summed E-state index contributed by atoms with van der Waals surface area (Å²) in [4.78, 5) is 12.9. The van der Waals surface area contributed by atoms with E-state index in [2.05, 4.69) is 10.2 Å². The number of nitro benzene ring substituents is 1. The van der Waals surface area contributed by atoms with E-state index >= 15 is 0 Å². The number of piperidine rings is 1. The van der Waals surface area contributed by atoms with Crippen LogP contribution in [-0.2, 0) is 0 Å².